The number of pyridine rings is 1. The average Bonchev–Trinajstić information content (AvgIpc) is 2.74. The predicted molar refractivity (Wildman–Crippen MR) is 110 cm³/mol. The van der Waals surface area contributed by atoms with Crippen LogP contribution in [0.15, 0.2) is 48.7 Å². The van der Waals surface area contributed by atoms with Crippen LogP contribution >= 0.6 is 0 Å². The lowest BCUT2D eigenvalue weighted by molar-refractivity contribution is 0.0931. The normalized spacial score (nSPS) is 14.6. The number of aryl methyl sites for hydroxylation is 1. The average molecular weight is 388 g/mol. The van der Waals surface area contributed by atoms with Gasteiger partial charge in [0.15, 0.2) is 0 Å². The Kier molecular flexibility index (Phi) is 5.13. The van der Waals surface area contributed by atoms with Crippen molar-refractivity contribution < 1.29 is 9.18 Å². The summed E-state index contributed by atoms with van der Waals surface area (Å²) in [5.41, 5.74) is 3.27. The zero-order valence-electron chi connectivity index (χ0n) is 16.2. The fraction of sp³-hybridized carbons (Fsp3) is 0.261. The first kappa shape index (κ1) is 18.9. The molecule has 2 heterocycles. The second kappa shape index (κ2) is 7.88. The highest BCUT2D eigenvalue weighted by Gasteiger charge is 2.25. The van der Waals surface area contributed by atoms with E-state index in [1.807, 2.05) is 25.1 Å². The molecule has 0 radical (unpaired) electrons. The summed E-state index contributed by atoms with van der Waals surface area (Å²) in [6.07, 6.45) is 3.06. The Hall–Kier alpha value is -3.46. The zero-order valence-corrected chi connectivity index (χ0v) is 16.2. The fourth-order valence-corrected chi connectivity index (χ4v) is 3.95. The highest BCUT2D eigenvalue weighted by atomic mass is 19.1. The lowest BCUT2D eigenvalue weighted by atomic mass is 10.00. The molecule has 0 bridgehead atoms. The Morgan fingerprint density at radius 2 is 1.97 bits per heavy atom. The first-order chi connectivity index (χ1) is 14.1. The first-order valence-electron chi connectivity index (χ1n) is 9.66. The largest absolute Gasteiger partial charge is 0.370 e. The van der Waals surface area contributed by atoms with Gasteiger partial charge in [0, 0.05) is 36.3 Å². The summed E-state index contributed by atoms with van der Waals surface area (Å²) in [5.74, 6) is -0.410. The number of hydrogen-bond acceptors (Lipinski definition) is 4. The van der Waals surface area contributed by atoms with Crippen LogP contribution in [0.1, 0.15) is 34.3 Å². The standard InChI is InChI=1S/C23H21FN4O/c1-15-11-18(24)12-20-21(15)26-14-17(13-25)22(20)28-9-7-19(8-10-28)27-23(29)16-5-3-2-4-6-16/h2-6,11-12,14,19H,7-10H2,1H3,(H,27,29). The van der Waals surface area contributed by atoms with Crippen molar-refractivity contribution in [1.82, 2.24) is 10.3 Å². The van der Waals surface area contributed by atoms with E-state index in [4.69, 9.17) is 0 Å². The highest BCUT2D eigenvalue weighted by molar-refractivity contribution is 5.96. The molecule has 6 heteroatoms. The number of benzene rings is 2. The summed E-state index contributed by atoms with van der Waals surface area (Å²) in [7, 11) is 0. The number of aromatic nitrogens is 1. The highest BCUT2D eigenvalue weighted by Crippen LogP contribution is 2.33. The van der Waals surface area contributed by atoms with Crippen LogP contribution in [0, 0.1) is 24.1 Å². The zero-order chi connectivity index (χ0) is 20.4. The summed E-state index contributed by atoms with van der Waals surface area (Å²) in [4.78, 5) is 18.9. The summed E-state index contributed by atoms with van der Waals surface area (Å²) < 4.78 is 14.1. The monoisotopic (exact) mass is 388 g/mol. The number of nitrogens with zero attached hydrogens (tertiary/aromatic N) is 3. The number of fused-ring (bicyclic) bond motifs is 1. The van der Waals surface area contributed by atoms with Gasteiger partial charge < -0.3 is 10.2 Å². The molecule has 1 aliphatic heterocycles. The summed E-state index contributed by atoms with van der Waals surface area (Å²) >= 11 is 0. The third-order valence-corrected chi connectivity index (χ3v) is 5.40. The molecule has 0 aliphatic carbocycles. The number of carbonyl (C=O) groups is 1. The van der Waals surface area contributed by atoms with E-state index in [-0.39, 0.29) is 17.8 Å². The van der Waals surface area contributed by atoms with Crippen LogP contribution in [0.3, 0.4) is 0 Å². The summed E-state index contributed by atoms with van der Waals surface area (Å²) in [6.45, 7) is 3.16. The number of nitrogens with one attached hydrogen (secondary N) is 1. The molecular weight excluding hydrogens is 367 g/mol. The van der Waals surface area contributed by atoms with Crippen molar-refractivity contribution in [3.05, 3.63) is 71.2 Å². The van der Waals surface area contributed by atoms with Crippen molar-refractivity contribution >= 4 is 22.5 Å². The van der Waals surface area contributed by atoms with Crippen molar-refractivity contribution in [2.75, 3.05) is 18.0 Å². The minimum absolute atomic E-state index is 0.0658. The smallest absolute Gasteiger partial charge is 0.251 e. The Labute approximate surface area is 168 Å². The number of hydrogen-bond donors (Lipinski definition) is 1. The lowest BCUT2D eigenvalue weighted by Crippen LogP contribution is -2.45. The molecule has 1 saturated heterocycles. The predicted octanol–water partition coefficient (Wildman–Crippen LogP) is 3.95. The van der Waals surface area contributed by atoms with Gasteiger partial charge in [0.25, 0.3) is 5.91 Å². The maximum absolute atomic E-state index is 14.1. The second-order valence-electron chi connectivity index (χ2n) is 7.35. The van der Waals surface area contributed by atoms with Gasteiger partial charge in [0.1, 0.15) is 11.9 Å². The molecule has 146 valence electrons. The van der Waals surface area contributed by atoms with Crippen molar-refractivity contribution in [2.45, 2.75) is 25.8 Å². The van der Waals surface area contributed by atoms with Crippen molar-refractivity contribution in [1.29, 1.82) is 5.26 Å². The quantitative estimate of drug-likeness (QED) is 0.738. The van der Waals surface area contributed by atoms with Crippen LogP contribution < -0.4 is 10.2 Å². The number of nitriles is 1. The van der Waals surface area contributed by atoms with Crippen LogP contribution in [0.25, 0.3) is 10.9 Å². The van der Waals surface area contributed by atoms with Gasteiger partial charge in [-0.25, -0.2) is 4.39 Å². The number of halogens is 1. The number of anilines is 1. The molecule has 2 aromatic carbocycles. The molecule has 0 atom stereocenters. The van der Waals surface area contributed by atoms with E-state index < -0.39 is 0 Å². The molecule has 1 amide bonds. The molecule has 4 rings (SSSR count). The topological polar surface area (TPSA) is 69.0 Å². The molecular formula is C23H21FN4O. The van der Waals surface area contributed by atoms with Gasteiger partial charge in [-0.3, -0.25) is 9.78 Å². The van der Waals surface area contributed by atoms with E-state index in [9.17, 15) is 14.4 Å². The van der Waals surface area contributed by atoms with Crippen LogP contribution in [-0.2, 0) is 0 Å². The molecule has 3 aromatic rings. The van der Waals surface area contributed by atoms with Gasteiger partial charge in [-0.1, -0.05) is 18.2 Å². The van der Waals surface area contributed by atoms with Crippen LogP contribution in [0.5, 0.6) is 0 Å². The summed E-state index contributed by atoms with van der Waals surface area (Å²) in [5, 5.41) is 13.3. The van der Waals surface area contributed by atoms with Gasteiger partial charge in [-0.15, -0.1) is 0 Å². The SMILES string of the molecule is Cc1cc(F)cc2c(N3CCC(NC(=O)c4ccccc4)CC3)c(C#N)cnc12. The third-order valence-electron chi connectivity index (χ3n) is 5.40. The van der Waals surface area contributed by atoms with Gasteiger partial charge in [0.2, 0.25) is 0 Å². The number of rotatable bonds is 3. The van der Waals surface area contributed by atoms with E-state index in [0.717, 1.165) is 24.1 Å². The Balaban J connectivity index is 1.55. The van der Waals surface area contributed by atoms with Gasteiger partial charge in [-0.05, 0) is 49.6 Å². The number of piperidine rings is 1. The van der Waals surface area contributed by atoms with E-state index >= 15 is 0 Å². The van der Waals surface area contributed by atoms with Gasteiger partial charge in [0.05, 0.1) is 16.8 Å². The Bertz CT molecular complexity index is 1100. The van der Waals surface area contributed by atoms with E-state index in [1.54, 1.807) is 18.3 Å². The lowest BCUT2D eigenvalue weighted by Gasteiger charge is -2.35. The van der Waals surface area contributed by atoms with Crippen LogP contribution in [0.2, 0.25) is 0 Å². The van der Waals surface area contributed by atoms with Crippen molar-refractivity contribution in [3.8, 4) is 6.07 Å². The number of carbonyl (C=O) groups excluding carboxylic acids is 1. The number of amides is 1. The van der Waals surface area contributed by atoms with Crippen LogP contribution in [0.4, 0.5) is 10.1 Å². The second-order valence-corrected chi connectivity index (χ2v) is 7.35. The van der Waals surface area contributed by atoms with E-state index in [1.165, 1.54) is 12.1 Å². The molecule has 1 aromatic heterocycles. The van der Waals surface area contributed by atoms with Gasteiger partial charge in [-0.2, -0.15) is 5.26 Å². The van der Waals surface area contributed by atoms with Crippen molar-refractivity contribution in [3.63, 3.8) is 0 Å². The molecule has 1 aliphatic rings. The molecule has 29 heavy (non-hydrogen) atoms. The maximum atomic E-state index is 14.1. The molecule has 0 unspecified atom stereocenters. The summed E-state index contributed by atoms with van der Waals surface area (Å²) in [6, 6.07) is 14.3. The van der Waals surface area contributed by atoms with Crippen molar-refractivity contribution in [2.24, 2.45) is 0 Å². The van der Waals surface area contributed by atoms with E-state index in [0.29, 0.717) is 35.1 Å². The molecule has 0 spiro atoms. The molecule has 1 fully saturated rings. The van der Waals surface area contributed by atoms with E-state index in [2.05, 4.69) is 21.3 Å². The van der Waals surface area contributed by atoms with Gasteiger partial charge >= 0.3 is 0 Å². The molecule has 5 nitrogen and oxygen atoms in total. The minimum atomic E-state index is -0.335. The fourth-order valence-electron chi connectivity index (χ4n) is 3.95. The Morgan fingerprint density at radius 1 is 1.24 bits per heavy atom. The molecule has 1 N–H and O–H groups in total. The molecule has 0 saturated carbocycles. The first-order valence-corrected chi connectivity index (χ1v) is 9.66. The third kappa shape index (κ3) is 3.77. The maximum Gasteiger partial charge on any atom is 0.251 e. The Morgan fingerprint density at radius 3 is 2.66 bits per heavy atom. The minimum Gasteiger partial charge on any atom is -0.370 e. The van der Waals surface area contributed by atoms with Crippen LogP contribution in [-0.4, -0.2) is 30.0 Å².